The van der Waals surface area contributed by atoms with Crippen LogP contribution in [0, 0.1) is 11.8 Å². The average molecular weight is 255 g/mol. The molecule has 102 valence electrons. The van der Waals surface area contributed by atoms with Crippen LogP contribution in [0.1, 0.15) is 33.1 Å². The molecule has 0 aromatic heterocycles. The molecule has 0 aromatic rings. The molecule has 0 aromatic carbocycles. The van der Waals surface area contributed by atoms with Crippen molar-refractivity contribution in [1.82, 2.24) is 4.90 Å². The Morgan fingerprint density at radius 2 is 2.17 bits per heavy atom. The third-order valence-corrected chi connectivity index (χ3v) is 4.18. The molecule has 0 radical (unpaired) electrons. The Kier molecular flexibility index (Phi) is 3.61. The van der Waals surface area contributed by atoms with Crippen LogP contribution in [-0.2, 0) is 14.3 Å². The van der Waals surface area contributed by atoms with Gasteiger partial charge in [0.05, 0.1) is 5.92 Å². The molecular weight excluding hydrogens is 234 g/mol. The molecule has 3 unspecified atom stereocenters. The average Bonchev–Trinajstić information content (AvgIpc) is 2.76. The highest BCUT2D eigenvalue weighted by Gasteiger charge is 2.43. The van der Waals surface area contributed by atoms with Gasteiger partial charge in [-0.05, 0) is 32.1 Å². The number of hydrogen-bond donors (Lipinski definition) is 1. The smallest absolute Gasteiger partial charge is 0.306 e. The first-order valence-electron chi connectivity index (χ1n) is 6.60. The summed E-state index contributed by atoms with van der Waals surface area (Å²) in [5.41, 5.74) is -0.685. The summed E-state index contributed by atoms with van der Waals surface area (Å²) in [5, 5.41) is 9.07. The second-order valence-corrected chi connectivity index (χ2v) is 5.64. The third-order valence-electron chi connectivity index (χ3n) is 4.18. The first-order valence-corrected chi connectivity index (χ1v) is 6.60. The molecule has 2 saturated heterocycles. The van der Waals surface area contributed by atoms with Gasteiger partial charge < -0.3 is 14.7 Å². The Labute approximate surface area is 107 Å². The van der Waals surface area contributed by atoms with Crippen molar-refractivity contribution in [1.29, 1.82) is 0 Å². The number of aliphatic carboxylic acids is 1. The molecule has 0 bridgehead atoms. The predicted molar refractivity (Wildman–Crippen MR) is 65.1 cm³/mol. The van der Waals surface area contributed by atoms with Crippen molar-refractivity contribution in [3.63, 3.8) is 0 Å². The molecule has 2 aliphatic heterocycles. The monoisotopic (exact) mass is 255 g/mol. The molecule has 0 spiro atoms. The zero-order valence-corrected chi connectivity index (χ0v) is 11.0. The molecule has 5 heteroatoms. The minimum absolute atomic E-state index is 0.00482. The van der Waals surface area contributed by atoms with Crippen LogP contribution in [-0.4, -0.2) is 47.2 Å². The van der Waals surface area contributed by atoms with Gasteiger partial charge in [0, 0.05) is 19.7 Å². The predicted octanol–water partition coefficient (Wildman–Crippen LogP) is 1.12. The number of ether oxygens (including phenoxy) is 1. The summed E-state index contributed by atoms with van der Waals surface area (Å²) in [6, 6.07) is 0. The number of likely N-dealkylation sites (tertiary alicyclic amines) is 1. The summed E-state index contributed by atoms with van der Waals surface area (Å²) in [7, 11) is 0. The van der Waals surface area contributed by atoms with Crippen LogP contribution < -0.4 is 0 Å². The highest BCUT2D eigenvalue weighted by molar-refractivity contribution is 5.85. The molecule has 5 nitrogen and oxygen atoms in total. The van der Waals surface area contributed by atoms with Gasteiger partial charge >= 0.3 is 5.97 Å². The number of amides is 1. The fraction of sp³-hybridized carbons (Fsp3) is 0.846. The van der Waals surface area contributed by atoms with E-state index >= 15 is 0 Å². The van der Waals surface area contributed by atoms with E-state index in [1.54, 1.807) is 4.90 Å². The number of carboxylic acids is 1. The number of hydrogen-bond acceptors (Lipinski definition) is 3. The van der Waals surface area contributed by atoms with Crippen LogP contribution in [0.15, 0.2) is 0 Å². The molecule has 2 fully saturated rings. The van der Waals surface area contributed by atoms with Crippen LogP contribution in [0.3, 0.4) is 0 Å². The van der Waals surface area contributed by atoms with E-state index in [1.807, 2.05) is 13.8 Å². The van der Waals surface area contributed by atoms with E-state index in [0.29, 0.717) is 26.1 Å². The van der Waals surface area contributed by atoms with Crippen molar-refractivity contribution in [2.45, 2.75) is 38.7 Å². The summed E-state index contributed by atoms with van der Waals surface area (Å²) in [5.74, 6) is -1.05. The number of rotatable bonds is 2. The van der Waals surface area contributed by atoms with Gasteiger partial charge in [0.25, 0.3) is 5.91 Å². The lowest BCUT2D eigenvalue weighted by atomic mass is 9.86. The fourth-order valence-electron chi connectivity index (χ4n) is 2.98. The first kappa shape index (κ1) is 13.3. The zero-order valence-electron chi connectivity index (χ0n) is 11.0. The van der Waals surface area contributed by atoms with Gasteiger partial charge in [-0.2, -0.15) is 0 Å². The molecule has 0 saturated carbocycles. The summed E-state index contributed by atoms with van der Waals surface area (Å²) < 4.78 is 5.56. The Morgan fingerprint density at radius 1 is 1.44 bits per heavy atom. The summed E-state index contributed by atoms with van der Waals surface area (Å²) in [4.78, 5) is 25.2. The van der Waals surface area contributed by atoms with Gasteiger partial charge in [-0.25, -0.2) is 0 Å². The number of carbonyl (C=O) groups is 2. The second-order valence-electron chi connectivity index (χ2n) is 5.64. The summed E-state index contributed by atoms with van der Waals surface area (Å²) in [6.07, 6.45) is 2.22. The van der Waals surface area contributed by atoms with E-state index in [4.69, 9.17) is 9.84 Å². The maximum atomic E-state index is 12.4. The Balaban J connectivity index is 2.00. The van der Waals surface area contributed by atoms with Gasteiger partial charge in [-0.3, -0.25) is 9.59 Å². The topological polar surface area (TPSA) is 66.8 Å². The van der Waals surface area contributed by atoms with E-state index in [2.05, 4.69) is 0 Å². The van der Waals surface area contributed by atoms with Gasteiger partial charge in [-0.15, -0.1) is 0 Å². The first-order chi connectivity index (χ1) is 8.44. The van der Waals surface area contributed by atoms with E-state index in [0.717, 1.165) is 12.8 Å². The molecule has 18 heavy (non-hydrogen) atoms. The molecule has 1 amide bonds. The Bertz CT molecular complexity index is 349. The van der Waals surface area contributed by atoms with Gasteiger partial charge in [0.1, 0.15) is 5.60 Å². The second kappa shape index (κ2) is 4.88. The minimum atomic E-state index is -0.752. The van der Waals surface area contributed by atoms with Gasteiger partial charge in [0.15, 0.2) is 0 Å². The van der Waals surface area contributed by atoms with Crippen LogP contribution >= 0.6 is 0 Å². The standard InChI is InChI=1S/C13H21NO4/c1-9-8-14(6-4-10(9)11(15)16)12(17)13(2)5-3-7-18-13/h9-10H,3-8H2,1-2H3,(H,15,16). The van der Waals surface area contributed by atoms with Crippen LogP contribution in [0.2, 0.25) is 0 Å². The van der Waals surface area contributed by atoms with E-state index in [9.17, 15) is 9.59 Å². The summed E-state index contributed by atoms with van der Waals surface area (Å²) >= 11 is 0. The van der Waals surface area contributed by atoms with E-state index in [1.165, 1.54) is 0 Å². The normalized spacial score (nSPS) is 36.7. The van der Waals surface area contributed by atoms with Crippen LogP contribution in [0.25, 0.3) is 0 Å². The molecule has 1 N–H and O–H groups in total. The number of piperidine rings is 1. The molecular formula is C13H21NO4. The van der Waals surface area contributed by atoms with Crippen LogP contribution in [0.4, 0.5) is 0 Å². The quantitative estimate of drug-likeness (QED) is 0.803. The Hall–Kier alpha value is -1.10. The van der Waals surface area contributed by atoms with Gasteiger partial charge in [-0.1, -0.05) is 6.92 Å². The third kappa shape index (κ3) is 2.36. The van der Waals surface area contributed by atoms with Crippen molar-refractivity contribution < 1.29 is 19.4 Å². The van der Waals surface area contributed by atoms with Crippen molar-refractivity contribution >= 4 is 11.9 Å². The number of carboxylic acid groups (broad SMARTS) is 1. The maximum absolute atomic E-state index is 12.4. The van der Waals surface area contributed by atoms with Crippen molar-refractivity contribution in [2.24, 2.45) is 11.8 Å². The molecule has 2 heterocycles. The maximum Gasteiger partial charge on any atom is 0.306 e. The largest absolute Gasteiger partial charge is 0.481 e. The van der Waals surface area contributed by atoms with Crippen LogP contribution in [0.5, 0.6) is 0 Å². The SMILES string of the molecule is CC1CN(C(=O)C2(C)CCCO2)CCC1C(=O)O. The van der Waals surface area contributed by atoms with E-state index < -0.39 is 11.6 Å². The summed E-state index contributed by atoms with van der Waals surface area (Å²) in [6.45, 7) is 5.43. The van der Waals surface area contributed by atoms with Gasteiger partial charge in [0.2, 0.25) is 0 Å². The van der Waals surface area contributed by atoms with E-state index in [-0.39, 0.29) is 17.7 Å². The zero-order chi connectivity index (χ0) is 13.3. The van der Waals surface area contributed by atoms with Crippen molar-refractivity contribution in [3.8, 4) is 0 Å². The molecule has 0 aliphatic carbocycles. The Morgan fingerprint density at radius 3 is 2.67 bits per heavy atom. The van der Waals surface area contributed by atoms with Crippen molar-refractivity contribution in [3.05, 3.63) is 0 Å². The lowest BCUT2D eigenvalue weighted by Crippen LogP contribution is -2.52. The number of nitrogens with zero attached hydrogens (tertiary/aromatic N) is 1. The number of carbonyl (C=O) groups excluding carboxylic acids is 1. The molecule has 3 atom stereocenters. The lowest BCUT2D eigenvalue weighted by Gasteiger charge is -2.38. The molecule has 2 aliphatic rings. The fourth-order valence-corrected chi connectivity index (χ4v) is 2.98. The lowest BCUT2D eigenvalue weighted by molar-refractivity contribution is -0.157. The highest BCUT2D eigenvalue weighted by atomic mass is 16.5. The highest BCUT2D eigenvalue weighted by Crippen LogP contribution is 2.30. The minimum Gasteiger partial charge on any atom is -0.481 e. The van der Waals surface area contributed by atoms with Crippen molar-refractivity contribution in [2.75, 3.05) is 19.7 Å². The molecule has 2 rings (SSSR count).